The van der Waals surface area contributed by atoms with Crippen LogP contribution in [-0.2, 0) is 16.6 Å². The molecule has 1 aromatic rings. The first kappa shape index (κ1) is 18.1. The molecular weight excluding hydrogens is 291 g/mol. The summed E-state index contributed by atoms with van der Waals surface area (Å²) in [5, 5.41) is 3.15. The maximum Gasteiger partial charge on any atom is 0.241 e. The largest absolute Gasteiger partial charge is 0.313 e. The summed E-state index contributed by atoms with van der Waals surface area (Å²) in [4.78, 5) is 0.00706. The third-order valence-corrected chi connectivity index (χ3v) is 5.14. The lowest BCUT2D eigenvalue weighted by Gasteiger charge is -2.25. The Kier molecular flexibility index (Phi) is 6.31. The van der Waals surface area contributed by atoms with Gasteiger partial charge in [0.05, 0.1) is 4.90 Å². The number of nitrogens with one attached hydrogen (secondary N) is 2. The molecule has 0 atom stereocenters. The van der Waals surface area contributed by atoms with Crippen LogP contribution in [0, 0.1) is 5.82 Å². The molecule has 2 N–H and O–H groups in total. The van der Waals surface area contributed by atoms with Crippen LogP contribution in [0.2, 0.25) is 0 Å². The van der Waals surface area contributed by atoms with Gasteiger partial charge in [-0.05, 0) is 50.9 Å². The zero-order valence-electron chi connectivity index (χ0n) is 13.2. The van der Waals surface area contributed by atoms with Crippen LogP contribution in [0.5, 0.6) is 0 Å². The van der Waals surface area contributed by atoms with Crippen molar-refractivity contribution in [3.8, 4) is 0 Å². The monoisotopic (exact) mass is 316 g/mol. The topological polar surface area (TPSA) is 58.2 Å². The molecule has 0 amide bonds. The molecule has 1 aromatic carbocycles. The number of benzene rings is 1. The van der Waals surface area contributed by atoms with Crippen LogP contribution in [0.25, 0.3) is 0 Å². The Bertz CT molecular complexity index is 571. The summed E-state index contributed by atoms with van der Waals surface area (Å²) >= 11 is 0. The van der Waals surface area contributed by atoms with Gasteiger partial charge in [0.15, 0.2) is 0 Å². The standard InChI is InChI=1S/C15H25FN2O2S/c1-5-9-17-11-12-7-8-13(16)10-14(12)21(19,20)18-15(3,4)6-2/h7-8,10,17-18H,5-6,9,11H2,1-4H3. The van der Waals surface area contributed by atoms with Gasteiger partial charge in [0.1, 0.15) is 5.82 Å². The van der Waals surface area contributed by atoms with Crippen LogP contribution in [0.1, 0.15) is 46.1 Å². The Hall–Kier alpha value is -0.980. The minimum atomic E-state index is -3.75. The fraction of sp³-hybridized carbons (Fsp3) is 0.600. The second kappa shape index (κ2) is 7.33. The zero-order valence-corrected chi connectivity index (χ0v) is 14.0. The van der Waals surface area contributed by atoms with Gasteiger partial charge < -0.3 is 5.32 Å². The van der Waals surface area contributed by atoms with E-state index in [1.807, 2.05) is 13.8 Å². The van der Waals surface area contributed by atoms with Crippen molar-refractivity contribution in [2.75, 3.05) is 6.54 Å². The Balaban J connectivity index is 3.11. The molecule has 0 radical (unpaired) electrons. The molecule has 0 heterocycles. The molecule has 0 saturated heterocycles. The van der Waals surface area contributed by atoms with E-state index < -0.39 is 21.4 Å². The van der Waals surface area contributed by atoms with Crippen molar-refractivity contribution in [2.24, 2.45) is 0 Å². The minimum Gasteiger partial charge on any atom is -0.313 e. The lowest BCUT2D eigenvalue weighted by molar-refractivity contribution is 0.438. The number of rotatable bonds is 8. The molecule has 6 heteroatoms. The zero-order chi connectivity index (χ0) is 16.1. The second-order valence-electron chi connectivity index (χ2n) is 5.77. The quantitative estimate of drug-likeness (QED) is 0.725. The first-order chi connectivity index (χ1) is 9.72. The SMILES string of the molecule is CCCNCc1ccc(F)cc1S(=O)(=O)NC(C)(C)CC. The average molecular weight is 316 g/mol. The molecule has 1 rings (SSSR count). The van der Waals surface area contributed by atoms with Crippen molar-refractivity contribution < 1.29 is 12.8 Å². The van der Waals surface area contributed by atoms with Gasteiger partial charge in [-0.15, -0.1) is 0 Å². The molecule has 0 bridgehead atoms. The number of hydrogen-bond acceptors (Lipinski definition) is 3. The third kappa shape index (κ3) is 5.37. The van der Waals surface area contributed by atoms with Crippen LogP contribution in [0.4, 0.5) is 4.39 Å². The van der Waals surface area contributed by atoms with E-state index in [0.717, 1.165) is 19.0 Å². The molecular formula is C15H25FN2O2S. The van der Waals surface area contributed by atoms with Crippen molar-refractivity contribution >= 4 is 10.0 Å². The highest BCUT2D eigenvalue weighted by Crippen LogP contribution is 2.20. The van der Waals surface area contributed by atoms with Crippen LogP contribution in [-0.4, -0.2) is 20.5 Å². The fourth-order valence-electron chi connectivity index (χ4n) is 1.82. The van der Waals surface area contributed by atoms with Crippen molar-refractivity contribution in [2.45, 2.75) is 57.5 Å². The highest BCUT2D eigenvalue weighted by Gasteiger charge is 2.26. The van der Waals surface area contributed by atoms with E-state index in [0.29, 0.717) is 18.5 Å². The molecule has 0 fully saturated rings. The van der Waals surface area contributed by atoms with E-state index in [1.165, 1.54) is 12.1 Å². The van der Waals surface area contributed by atoms with Crippen LogP contribution in [0.15, 0.2) is 23.1 Å². The normalized spacial score (nSPS) is 12.6. The van der Waals surface area contributed by atoms with E-state index >= 15 is 0 Å². The Morgan fingerprint density at radius 1 is 1.24 bits per heavy atom. The van der Waals surface area contributed by atoms with Gasteiger partial charge >= 0.3 is 0 Å². The maximum absolute atomic E-state index is 13.5. The fourth-order valence-corrected chi connectivity index (χ4v) is 3.55. The van der Waals surface area contributed by atoms with Crippen molar-refractivity contribution in [3.63, 3.8) is 0 Å². The third-order valence-electron chi connectivity index (χ3n) is 3.36. The molecule has 4 nitrogen and oxygen atoms in total. The number of hydrogen-bond donors (Lipinski definition) is 2. The number of halogens is 1. The van der Waals surface area contributed by atoms with E-state index in [-0.39, 0.29) is 4.90 Å². The predicted octanol–water partition coefficient (Wildman–Crippen LogP) is 2.79. The Morgan fingerprint density at radius 2 is 1.90 bits per heavy atom. The maximum atomic E-state index is 13.5. The van der Waals surface area contributed by atoms with Crippen molar-refractivity contribution in [1.82, 2.24) is 10.0 Å². The highest BCUT2D eigenvalue weighted by molar-refractivity contribution is 7.89. The molecule has 0 aliphatic rings. The van der Waals surface area contributed by atoms with E-state index in [2.05, 4.69) is 10.0 Å². The molecule has 0 spiro atoms. The van der Waals surface area contributed by atoms with E-state index in [9.17, 15) is 12.8 Å². The summed E-state index contributed by atoms with van der Waals surface area (Å²) in [5.74, 6) is -0.552. The lowest BCUT2D eigenvalue weighted by atomic mass is 10.0. The Labute approximate surface area is 127 Å². The molecule has 0 aliphatic heterocycles. The molecule has 21 heavy (non-hydrogen) atoms. The number of sulfonamides is 1. The van der Waals surface area contributed by atoms with Crippen molar-refractivity contribution in [3.05, 3.63) is 29.6 Å². The van der Waals surface area contributed by atoms with Gasteiger partial charge in [0, 0.05) is 12.1 Å². The summed E-state index contributed by atoms with van der Waals surface area (Å²) in [6.07, 6.45) is 1.59. The van der Waals surface area contributed by atoms with E-state index in [1.54, 1.807) is 13.8 Å². The summed E-state index contributed by atoms with van der Waals surface area (Å²) < 4.78 is 41.1. The van der Waals surface area contributed by atoms with Crippen molar-refractivity contribution in [1.29, 1.82) is 0 Å². The summed E-state index contributed by atoms with van der Waals surface area (Å²) in [6.45, 7) is 8.72. The summed E-state index contributed by atoms with van der Waals surface area (Å²) in [6, 6.07) is 3.88. The van der Waals surface area contributed by atoms with E-state index in [4.69, 9.17) is 0 Å². The smallest absolute Gasteiger partial charge is 0.241 e. The van der Waals surface area contributed by atoms with Crippen LogP contribution >= 0.6 is 0 Å². The predicted molar refractivity (Wildman–Crippen MR) is 83.1 cm³/mol. The summed E-state index contributed by atoms with van der Waals surface area (Å²) in [5.41, 5.74) is 0.00321. The van der Waals surface area contributed by atoms with Gasteiger partial charge in [-0.2, -0.15) is 0 Å². The van der Waals surface area contributed by atoms with Gasteiger partial charge in [-0.3, -0.25) is 0 Å². The van der Waals surface area contributed by atoms with Crippen LogP contribution in [0.3, 0.4) is 0 Å². The molecule has 120 valence electrons. The van der Waals surface area contributed by atoms with Gasteiger partial charge in [0.2, 0.25) is 10.0 Å². The first-order valence-electron chi connectivity index (χ1n) is 7.25. The highest BCUT2D eigenvalue weighted by atomic mass is 32.2. The molecule has 0 unspecified atom stereocenters. The first-order valence-corrected chi connectivity index (χ1v) is 8.73. The average Bonchev–Trinajstić information content (AvgIpc) is 2.39. The molecule has 0 aliphatic carbocycles. The lowest BCUT2D eigenvalue weighted by Crippen LogP contribution is -2.43. The molecule has 0 saturated carbocycles. The molecule has 0 aromatic heterocycles. The second-order valence-corrected chi connectivity index (χ2v) is 7.42. The minimum absolute atomic E-state index is 0.00706. The van der Waals surface area contributed by atoms with Gasteiger partial charge in [0.25, 0.3) is 0 Å². The van der Waals surface area contributed by atoms with Gasteiger partial charge in [-0.1, -0.05) is 19.9 Å². The summed E-state index contributed by atoms with van der Waals surface area (Å²) in [7, 11) is -3.75. The van der Waals surface area contributed by atoms with Crippen LogP contribution < -0.4 is 10.0 Å². The van der Waals surface area contributed by atoms with Gasteiger partial charge in [-0.25, -0.2) is 17.5 Å². The Morgan fingerprint density at radius 3 is 2.48 bits per heavy atom.